The fourth-order valence-electron chi connectivity index (χ4n) is 2.60. The van der Waals surface area contributed by atoms with Crippen LogP contribution in [0.5, 0.6) is 5.75 Å². The topological polar surface area (TPSA) is 29.5 Å². The van der Waals surface area contributed by atoms with Gasteiger partial charge in [-0.1, -0.05) is 25.1 Å². The molecule has 0 atom stereocenters. The lowest BCUT2D eigenvalue weighted by atomic mass is 10.1. The molecule has 0 bridgehead atoms. The summed E-state index contributed by atoms with van der Waals surface area (Å²) in [7, 11) is 1.64. The first kappa shape index (κ1) is 12.7. The first-order valence-electron chi connectivity index (χ1n) is 6.81. The molecule has 2 aromatic rings. The lowest BCUT2D eigenvalue weighted by Crippen LogP contribution is -2.20. The van der Waals surface area contributed by atoms with Crippen molar-refractivity contribution in [1.29, 1.82) is 0 Å². The van der Waals surface area contributed by atoms with E-state index in [1.165, 1.54) is 5.56 Å². The number of benzene rings is 2. The van der Waals surface area contributed by atoms with Crippen LogP contribution in [0, 0.1) is 0 Å². The number of fused-ring (bicyclic) bond motifs is 1. The number of nitrogens with zero attached hydrogens (tertiary/aromatic N) is 1. The number of rotatable bonds is 3. The summed E-state index contributed by atoms with van der Waals surface area (Å²) in [6.07, 6.45) is 1.41. The molecule has 102 valence electrons. The zero-order valence-corrected chi connectivity index (χ0v) is 11.7. The predicted molar refractivity (Wildman–Crippen MR) is 79.7 cm³/mol. The number of anilines is 2. The maximum Gasteiger partial charge on any atom is 0.236 e. The van der Waals surface area contributed by atoms with Crippen LogP contribution in [0.4, 0.5) is 11.4 Å². The van der Waals surface area contributed by atoms with Gasteiger partial charge in [-0.3, -0.25) is 9.69 Å². The van der Waals surface area contributed by atoms with Gasteiger partial charge in [-0.05, 0) is 35.7 Å². The largest absolute Gasteiger partial charge is 0.497 e. The average Bonchev–Trinajstić information content (AvgIpc) is 2.82. The van der Waals surface area contributed by atoms with Gasteiger partial charge >= 0.3 is 0 Å². The maximum atomic E-state index is 12.3. The third-order valence-electron chi connectivity index (χ3n) is 3.70. The molecule has 2 aromatic carbocycles. The minimum Gasteiger partial charge on any atom is -0.497 e. The summed E-state index contributed by atoms with van der Waals surface area (Å²) in [5.74, 6) is 0.886. The molecule has 1 heterocycles. The molecule has 0 unspecified atom stereocenters. The van der Waals surface area contributed by atoms with Gasteiger partial charge in [0.1, 0.15) is 5.75 Å². The van der Waals surface area contributed by atoms with Gasteiger partial charge in [0.05, 0.1) is 19.2 Å². The molecule has 0 spiro atoms. The van der Waals surface area contributed by atoms with Crippen molar-refractivity contribution in [3.05, 3.63) is 53.6 Å². The number of carbonyl (C=O) groups is 1. The van der Waals surface area contributed by atoms with Crippen LogP contribution in [0.25, 0.3) is 0 Å². The van der Waals surface area contributed by atoms with Crippen LogP contribution in [0.3, 0.4) is 0 Å². The Hall–Kier alpha value is -2.29. The number of amides is 1. The number of hydrogen-bond donors (Lipinski definition) is 0. The smallest absolute Gasteiger partial charge is 0.236 e. The van der Waals surface area contributed by atoms with E-state index in [9.17, 15) is 4.79 Å². The molecule has 20 heavy (non-hydrogen) atoms. The highest BCUT2D eigenvalue weighted by molar-refractivity contribution is 6.07. The lowest BCUT2D eigenvalue weighted by Gasteiger charge is -2.19. The van der Waals surface area contributed by atoms with Gasteiger partial charge in [0, 0.05) is 11.8 Å². The molecule has 3 rings (SSSR count). The molecule has 0 aliphatic carbocycles. The van der Waals surface area contributed by atoms with Crippen LogP contribution in [0.2, 0.25) is 0 Å². The van der Waals surface area contributed by atoms with Crippen LogP contribution < -0.4 is 9.64 Å². The van der Waals surface area contributed by atoms with Crippen LogP contribution in [0.15, 0.2) is 42.5 Å². The molecule has 0 N–H and O–H groups in total. The van der Waals surface area contributed by atoms with E-state index in [1.54, 1.807) is 12.0 Å². The fourth-order valence-corrected chi connectivity index (χ4v) is 2.60. The van der Waals surface area contributed by atoms with Crippen LogP contribution in [0.1, 0.15) is 18.1 Å². The van der Waals surface area contributed by atoms with Crippen molar-refractivity contribution in [3.8, 4) is 5.75 Å². The van der Waals surface area contributed by atoms with Gasteiger partial charge in [-0.2, -0.15) is 0 Å². The summed E-state index contributed by atoms with van der Waals surface area (Å²) in [5.41, 5.74) is 4.15. The third-order valence-corrected chi connectivity index (χ3v) is 3.70. The van der Waals surface area contributed by atoms with Crippen molar-refractivity contribution in [1.82, 2.24) is 0 Å². The Morgan fingerprint density at radius 2 is 2.05 bits per heavy atom. The fraction of sp³-hybridized carbons (Fsp3) is 0.235. The van der Waals surface area contributed by atoms with Crippen LogP contribution in [-0.2, 0) is 17.6 Å². The summed E-state index contributed by atoms with van der Waals surface area (Å²) in [5, 5.41) is 0. The SMILES string of the molecule is CCc1cccc(N2C(=O)Cc3ccc(OC)cc32)c1. The number of carbonyl (C=O) groups excluding carboxylic acids is 1. The van der Waals surface area contributed by atoms with E-state index in [-0.39, 0.29) is 5.91 Å². The standard InChI is InChI=1S/C17H17NO2/c1-3-12-5-4-6-14(9-12)18-16-11-15(20-2)8-7-13(16)10-17(18)19/h4-9,11H,3,10H2,1-2H3. The zero-order chi connectivity index (χ0) is 14.1. The molecule has 0 fully saturated rings. The monoisotopic (exact) mass is 267 g/mol. The lowest BCUT2D eigenvalue weighted by molar-refractivity contribution is -0.116. The van der Waals surface area contributed by atoms with E-state index in [1.807, 2.05) is 30.3 Å². The molecule has 3 heteroatoms. The average molecular weight is 267 g/mol. The van der Waals surface area contributed by atoms with Gasteiger partial charge in [0.15, 0.2) is 0 Å². The summed E-state index contributed by atoms with van der Waals surface area (Å²) in [6.45, 7) is 2.11. The van der Waals surface area contributed by atoms with Gasteiger partial charge in [-0.25, -0.2) is 0 Å². The summed E-state index contributed by atoms with van der Waals surface area (Å²) in [6, 6.07) is 13.9. The Balaban J connectivity index is 2.08. The Morgan fingerprint density at radius 1 is 1.20 bits per heavy atom. The zero-order valence-electron chi connectivity index (χ0n) is 11.7. The minimum atomic E-state index is 0.113. The number of hydrogen-bond acceptors (Lipinski definition) is 2. The van der Waals surface area contributed by atoms with E-state index in [0.717, 1.165) is 29.1 Å². The molecule has 0 saturated carbocycles. The third kappa shape index (κ3) is 2.05. The van der Waals surface area contributed by atoms with Crippen molar-refractivity contribution in [3.63, 3.8) is 0 Å². The molecular formula is C17H17NO2. The first-order chi connectivity index (χ1) is 9.72. The highest BCUT2D eigenvalue weighted by Crippen LogP contribution is 2.37. The Morgan fingerprint density at radius 3 is 2.80 bits per heavy atom. The van der Waals surface area contributed by atoms with Gasteiger partial charge in [0.25, 0.3) is 0 Å². The summed E-state index contributed by atoms with van der Waals surface area (Å²) in [4.78, 5) is 14.1. The second-order valence-electron chi connectivity index (χ2n) is 4.92. The number of aryl methyl sites for hydroxylation is 1. The van der Waals surface area contributed by atoms with Crippen molar-refractivity contribution in [2.45, 2.75) is 19.8 Å². The van der Waals surface area contributed by atoms with Gasteiger partial charge in [0.2, 0.25) is 5.91 Å². The quantitative estimate of drug-likeness (QED) is 0.852. The van der Waals surface area contributed by atoms with E-state index in [0.29, 0.717) is 6.42 Å². The second-order valence-corrected chi connectivity index (χ2v) is 4.92. The normalized spacial score (nSPS) is 13.5. The Kier molecular flexibility index (Phi) is 3.18. The maximum absolute atomic E-state index is 12.3. The Bertz CT molecular complexity index is 664. The van der Waals surface area contributed by atoms with Crippen molar-refractivity contribution in [2.75, 3.05) is 12.0 Å². The molecule has 1 aliphatic rings. The molecule has 0 saturated heterocycles. The van der Waals surface area contributed by atoms with Gasteiger partial charge < -0.3 is 4.74 Å². The molecule has 1 amide bonds. The van der Waals surface area contributed by atoms with E-state index in [4.69, 9.17) is 4.74 Å². The van der Waals surface area contributed by atoms with Crippen molar-refractivity contribution < 1.29 is 9.53 Å². The highest BCUT2D eigenvalue weighted by Gasteiger charge is 2.28. The summed E-state index contributed by atoms with van der Waals surface area (Å²) >= 11 is 0. The second kappa shape index (κ2) is 5.00. The molecule has 1 aliphatic heterocycles. The number of methoxy groups -OCH3 is 1. The minimum absolute atomic E-state index is 0.113. The Labute approximate surface area is 118 Å². The number of ether oxygens (including phenoxy) is 1. The van der Waals surface area contributed by atoms with E-state index in [2.05, 4.69) is 19.1 Å². The van der Waals surface area contributed by atoms with E-state index >= 15 is 0 Å². The summed E-state index contributed by atoms with van der Waals surface area (Å²) < 4.78 is 5.27. The van der Waals surface area contributed by atoms with Crippen molar-refractivity contribution >= 4 is 17.3 Å². The van der Waals surface area contributed by atoms with Crippen LogP contribution in [-0.4, -0.2) is 13.0 Å². The van der Waals surface area contributed by atoms with Gasteiger partial charge in [-0.15, -0.1) is 0 Å². The molecular weight excluding hydrogens is 250 g/mol. The van der Waals surface area contributed by atoms with E-state index < -0.39 is 0 Å². The molecule has 3 nitrogen and oxygen atoms in total. The van der Waals surface area contributed by atoms with Crippen LogP contribution >= 0.6 is 0 Å². The molecule has 0 aromatic heterocycles. The molecule has 0 radical (unpaired) electrons. The van der Waals surface area contributed by atoms with Crippen molar-refractivity contribution in [2.24, 2.45) is 0 Å². The predicted octanol–water partition coefficient (Wildman–Crippen LogP) is 3.48. The highest BCUT2D eigenvalue weighted by atomic mass is 16.5. The first-order valence-corrected chi connectivity index (χ1v) is 6.81.